The zero-order valence-corrected chi connectivity index (χ0v) is 13.9. The van der Waals surface area contributed by atoms with Crippen molar-refractivity contribution in [1.29, 1.82) is 0 Å². The number of aromatic nitrogens is 2. The number of aryl methyl sites for hydroxylation is 1. The lowest BCUT2D eigenvalue weighted by Gasteiger charge is -2.20. The van der Waals surface area contributed by atoms with E-state index in [0.29, 0.717) is 6.01 Å². The molecule has 0 spiro atoms. The van der Waals surface area contributed by atoms with Gasteiger partial charge >= 0.3 is 0 Å². The van der Waals surface area contributed by atoms with Crippen LogP contribution >= 0.6 is 0 Å². The number of hydrogen-bond acceptors (Lipinski definition) is 4. The van der Waals surface area contributed by atoms with Gasteiger partial charge in [0.05, 0.1) is 17.7 Å². The number of rotatable bonds is 4. The first kappa shape index (κ1) is 14.6. The van der Waals surface area contributed by atoms with Gasteiger partial charge in [-0.1, -0.05) is 12.1 Å². The van der Waals surface area contributed by atoms with Crippen LogP contribution in [0.4, 0.5) is 5.69 Å². The number of benzene rings is 2. The third kappa shape index (κ3) is 2.69. The van der Waals surface area contributed by atoms with Gasteiger partial charge in [0, 0.05) is 24.6 Å². The molecule has 0 saturated heterocycles. The predicted molar refractivity (Wildman–Crippen MR) is 96.2 cm³/mol. The Morgan fingerprint density at radius 3 is 2.67 bits per heavy atom. The summed E-state index contributed by atoms with van der Waals surface area (Å²) in [7, 11) is 0. The smallest absolute Gasteiger partial charge is 0.300 e. The zero-order valence-electron chi connectivity index (χ0n) is 13.9. The minimum atomic E-state index is 0.519. The lowest BCUT2D eigenvalue weighted by Crippen LogP contribution is -2.24. The molecular weight excluding hydrogens is 300 g/mol. The summed E-state index contributed by atoms with van der Waals surface area (Å²) in [6.07, 6.45) is 4.21. The molecule has 0 saturated carbocycles. The molecule has 24 heavy (non-hydrogen) atoms. The first-order valence-corrected chi connectivity index (χ1v) is 8.15. The number of para-hydroxylation sites is 1. The van der Waals surface area contributed by atoms with Gasteiger partial charge in [-0.25, -0.2) is 0 Å². The molecule has 1 N–H and O–H groups in total. The molecule has 0 aliphatic carbocycles. The number of nitrogens with zero attached hydrogens (tertiary/aromatic N) is 3. The molecule has 0 fully saturated rings. The van der Waals surface area contributed by atoms with Crippen molar-refractivity contribution >= 4 is 16.7 Å². The van der Waals surface area contributed by atoms with E-state index < -0.39 is 0 Å². The summed E-state index contributed by atoms with van der Waals surface area (Å²) in [4.78, 5) is 12.2. The van der Waals surface area contributed by atoms with Crippen molar-refractivity contribution in [1.82, 2.24) is 14.9 Å². The standard InChI is InChI=1S/C19H20N4O/c1-3-22-11-12-23(13-22)15-7-9-16(10-8-15)24-19-20-17-6-4-5-14(2)18(17)21-19/h4-12H,3,13H2,1-2H3,(H,20,21). The number of hydrogen-bond donors (Lipinski definition) is 1. The number of H-pyrrole nitrogens is 1. The van der Waals surface area contributed by atoms with Crippen molar-refractivity contribution in [2.45, 2.75) is 13.8 Å². The molecule has 0 radical (unpaired) electrons. The number of fused-ring (bicyclic) bond motifs is 1. The van der Waals surface area contributed by atoms with Crippen LogP contribution in [0.5, 0.6) is 11.8 Å². The molecule has 2 heterocycles. The van der Waals surface area contributed by atoms with Crippen LogP contribution in [-0.4, -0.2) is 28.1 Å². The van der Waals surface area contributed by atoms with Gasteiger partial charge in [-0.15, -0.1) is 0 Å². The van der Waals surface area contributed by atoms with Crippen molar-refractivity contribution in [3.63, 3.8) is 0 Å². The monoisotopic (exact) mass is 320 g/mol. The number of aromatic amines is 1. The maximum atomic E-state index is 5.86. The molecule has 0 amide bonds. The lowest BCUT2D eigenvalue weighted by atomic mass is 10.2. The van der Waals surface area contributed by atoms with E-state index >= 15 is 0 Å². The van der Waals surface area contributed by atoms with E-state index in [1.165, 1.54) is 0 Å². The molecule has 5 nitrogen and oxygen atoms in total. The molecule has 1 aromatic heterocycles. The van der Waals surface area contributed by atoms with E-state index in [4.69, 9.17) is 4.74 Å². The highest BCUT2D eigenvalue weighted by molar-refractivity contribution is 5.79. The predicted octanol–water partition coefficient (Wildman–Crippen LogP) is 4.23. The summed E-state index contributed by atoms with van der Waals surface area (Å²) in [5, 5.41) is 0. The van der Waals surface area contributed by atoms with Crippen molar-refractivity contribution in [3.8, 4) is 11.8 Å². The highest BCUT2D eigenvalue weighted by Gasteiger charge is 2.12. The summed E-state index contributed by atoms with van der Waals surface area (Å²) in [6.45, 7) is 6.11. The summed E-state index contributed by atoms with van der Waals surface area (Å²) >= 11 is 0. The molecule has 2 aromatic carbocycles. The molecule has 1 aliphatic heterocycles. The molecule has 0 atom stereocenters. The summed E-state index contributed by atoms with van der Waals surface area (Å²) in [6, 6.07) is 14.6. The van der Waals surface area contributed by atoms with Crippen LogP contribution in [0.2, 0.25) is 0 Å². The highest BCUT2D eigenvalue weighted by Crippen LogP contribution is 2.26. The summed E-state index contributed by atoms with van der Waals surface area (Å²) < 4.78 is 5.86. The van der Waals surface area contributed by atoms with Gasteiger partial charge in [-0.3, -0.25) is 0 Å². The average Bonchev–Trinajstić information content (AvgIpc) is 3.23. The average molecular weight is 320 g/mol. The van der Waals surface area contributed by atoms with Gasteiger partial charge in [0.15, 0.2) is 0 Å². The molecule has 122 valence electrons. The molecule has 5 heteroatoms. The second kappa shape index (κ2) is 5.92. The van der Waals surface area contributed by atoms with Crippen LogP contribution in [0.3, 0.4) is 0 Å². The molecule has 3 aromatic rings. The highest BCUT2D eigenvalue weighted by atomic mass is 16.5. The third-order valence-corrected chi connectivity index (χ3v) is 4.29. The van der Waals surface area contributed by atoms with Crippen LogP contribution in [0.15, 0.2) is 54.9 Å². The quantitative estimate of drug-likeness (QED) is 0.781. The number of ether oxygens (including phenoxy) is 1. The van der Waals surface area contributed by atoms with Crippen LogP contribution in [0, 0.1) is 6.92 Å². The fraction of sp³-hybridized carbons (Fsp3) is 0.211. The van der Waals surface area contributed by atoms with Gasteiger partial charge < -0.3 is 19.5 Å². The topological polar surface area (TPSA) is 44.4 Å². The molecule has 0 bridgehead atoms. The Morgan fingerprint density at radius 1 is 1.12 bits per heavy atom. The summed E-state index contributed by atoms with van der Waals surface area (Å²) in [5.74, 6) is 0.769. The third-order valence-electron chi connectivity index (χ3n) is 4.29. The minimum absolute atomic E-state index is 0.519. The fourth-order valence-electron chi connectivity index (χ4n) is 2.86. The van der Waals surface area contributed by atoms with Crippen molar-refractivity contribution < 1.29 is 4.74 Å². The molecular formula is C19H20N4O. The Balaban J connectivity index is 1.50. The second-order valence-electron chi connectivity index (χ2n) is 5.92. The summed E-state index contributed by atoms with van der Waals surface area (Å²) in [5.41, 5.74) is 4.25. The number of anilines is 1. The largest absolute Gasteiger partial charge is 0.426 e. The second-order valence-corrected chi connectivity index (χ2v) is 5.92. The first-order valence-electron chi connectivity index (χ1n) is 8.15. The SMILES string of the molecule is CCN1C=CN(c2ccc(Oc3nc4cccc(C)c4[nH]3)cc2)C1. The van der Waals surface area contributed by atoms with Crippen LogP contribution in [0.1, 0.15) is 12.5 Å². The zero-order chi connectivity index (χ0) is 16.5. The van der Waals surface area contributed by atoms with Gasteiger partial charge in [-0.05, 0) is 49.7 Å². The first-order chi connectivity index (χ1) is 11.7. The van der Waals surface area contributed by atoms with Gasteiger partial charge in [0.1, 0.15) is 5.75 Å². The maximum Gasteiger partial charge on any atom is 0.300 e. The van der Waals surface area contributed by atoms with E-state index in [2.05, 4.69) is 64.2 Å². The van der Waals surface area contributed by atoms with E-state index in [1.807, 2.05) is 24.3 Å². The Hall–Kier alpha value is -2.95. The molecule has 4 rings (SSSR count). The normalized spacial score (nSPS) is 13.9. The molecule has 1 aliphatic rings. The van der Waals surface area contributed by atoms with E-state index in [1.54, 1.807) is 0 Å². The number of imidazole rings is 1. The van der Waals surface area contributed by atoms with E-state index in [9.17, 15) is 0 Å². The van der Waals surface area contributed by atoms with E-state index in [-0.39, 0.29) is 0 Å². The van der Waals surface area contributed by atoms with Gasteiger partial charge in [0.2, 0.25) is 0 Å². The molecule has 0 unspecified atom stereocenters. The van der Waals surface area contributed by atoms with Gasteiger partial charge in [0.25, 0.3) is 6.01 Å². The van der Waals surface area contributed by atoms with Crippen molar-refractivity contribution in [2.75, 3.05) is 18.1 Å². The Labute approximate surface area is 141 Å². The Morgan fingerprint density at radius 2 is 1.96 bits per heavy atom. The number of nitrogens with one attached hydrogen (secondary N) is 1. The maximum absolute atomic E-state index is 5.86. The Bertz CT molecular complexity index is 882. The minimum Gasteiger partial charge on any atom is -0.426 e. The fourth-order valence-corrected chi connectivity index (χ4v) is 2.86. The van der Waals surface area contributed by atoms with Crippen molar-refractivity contribution in [2.24, 2.45) is 0 Å². The Kier molecular flexibility index (Phi) is 3.61. The van der Waals surface area contributed by atoms with Crippen LogP contribution < -0.4 is 9.64 Å². The van der Waals surface area contributed by atoms with E-state index in [0.717, 1.165) is 41.2 Å². The van der Waals surface area contributed by atoms with Gasteiger partial charge in [-0.2, -0.15) is 4.98 Å². The van der Waals surface area contributed by atoms with Crippen LogP contribution in [-0.2, 0) is 0 Å². The lowest BCUT2D eigenvalue weighted by molar-refractivity contribution is 0.429. The van der Waals surface area contributed by atoms with Crippen LogP contribution in [0.25, 0.3) is 11.0 Å². The van der Waals surface area contributed by atoms with Crippen molar-refractivity contribution in [3.05, 3.63) is 60.4 Å².